The molecule has 1 aliphatic rings. The molecule has 1 aliphatic heterocycles. The van der Waals surface area contributed by atoms with Crippen LogP contribution in [-0.4, -0.2) is 23.0 Å². The fourth-order valence-electron chi connectivity index (χ4n) is 1.87. The number of nitrogens with one attached hydrogen (secondary N) is 1. The molecule has 16 heavy (non-hydrogen) atoms. The number of carboxylic acids is 1. The smallest absolute Gasteiger partial charge is 0.305 e. The van der Waals surface area contributed by atoms with Gasteiger partial charge in [0.05, 0.1) is 6.42 Å². The van der Waals surface area contributed by atoms with Crippen molar-refractivity contribution in [2.75, 3.05) is 0 Å². The van der Waals surface area contributed by atoms with E-state index in [2.05, 4.69) is 21.2 Å². The number of carboxylic acid groups (broad SMARTS) is 1. The van der Waals surface area contributed by atoms with Crippen LogP contribution in [0.4, 0.5) is 0 Å². The summed E-state index contributed by atoms with van der Waals surface area (Å²) in [5, 5.41) is 11.4. The standard InChI is InChI=1S/C11H10BrNO3/c12-9-3-1-2-7-8(9)4-6(5-10(14)15)13-11(7)16/h1-3,6H,4-5H2,(H,13,16)(H,14,15). The Kier molecular flexibility index (Phi) is 2.96. The maximum atomic E-state index is 11.7. The first kappa shape index (κ1) is 11.1. The van der Waals surface area contributed by atoms with Gasteiger partial charge < -0.3 is 10.4 Å². The molecule has 5 heteroatoms. The molecule has 0 aliphatic carbocycles. The monoisotopic (exact) mass is 283 g/mol. The van der Waals surface area contributed by atoms with Gasteiger partial charge in [-0.05, 0) is 24.1 Å². The van der Waals surface area contributed by atoms with E-state index in [0.717, 1.165) is 10.0 Å². The number of benzene rings is 1. The van der Waals surface area contributed by atoms with Gasteiger partial charge in [0.25, 0.3) is 5.91 Å². The number of fused-ring (bicyclic) bond motifs is 1. The van der Waals surface area contributed by atoms with Crippen LogP contribution < -0.4 is 5.32 Å². The molecule has 1 amide bonds. The van der Waals surface area contributed by atoms with Crippen molar-refractivity contribution in [1.82, 2.24) is 5.32 Å². The van der Waals surface area contributed by atoms with Gasteiger partial charge in [0.15, 0.2) is 0 Å². The Morgan fingerprint density at radius 2 is 2.31 bits per heavy atom. The van der Waals surface area contributed by atoms with Gasteiger partial charge in [0, 0.05) is 16.1 Å². The summed E-state index contributed by atoms with van der Waals surface area (Å²) in [6.07, 6.45) is 0.501. The highest BCUT2D eigenvalue weighted by molar-refractivity contribution is 9.10. The average Bonchev–Trinajstić information content (AvgIpc) is 2.19. The molecule has 1 aromatic carbocycles. The molecule has 84 valence electrons. The lowest BCUT2D eigenvalue weighted by Gasteiger charge is -2.25. The van der Waals surface area contributed by atoms with Crippen LogP contribution in [0.3, 0.4) is 0 Å². The van der Waals surface area contributed by atoms with E-state index in [9.17, 15) is 9.59 Å². The molecule has 0 saturated heterocycles. The zero-order valence-electron chi connectivity index (χ0n) is 8.37. The minimum absolute atomic E-state index is 0.0491. The van der Waals surface area contributed by atoms with E-state index >= 15 is 0 Å². The first-order valence-electron chi connectivity index (χ1n) is 4.88. The largest absolute Gasteiger partial charge is 0.481 e. The Balaban J connectivity index is 2.31. The van der Waals surface area contributed by atoms with Crippen molar-refractivity contribution in [2.24, 2.45) is 0 Å². The van der Waals surface area contributed by atoms with Crippen LogP contribution in [0.1, 0.15) is 22.3 Å². The third-order valence-electron chi connectivity index (χ3n) is 2.57. The van der Waals surface area contributed by atoms with Gasteiger partial charge in [-0.3, -0.25) is 9.59 Å². The van der Waals surface area contributed by atoms with Crippen molar-refractivity contribution in [2.45, 2.75) is 18.9 Å². The highest BCUT2D eigenvalue weighted by Crippen LogP contribution is 2.25. The topological polar surface area (TPSA) is 66.4 Å². The Morgan fingerprint density at radius 3 is 3.00 bits per heavy atom. The van der Waals surface area contributed by atoms with Crippen LogP contribution in [0, 0.1) is 0 Å². The summed E-state index contributed by atoms with van der Waals surface area (Å²) in [6.45, 7) is 0. The first-order chi connectivity index (χ1) is 7.58. The molecular weight excluding hydrogens is 274 g/mol. The van der Waals surface area contributed by atoms with Crippen LogP contribution in [-0.2, 0) is 11.2 Å². The number of amides is 1. The van der Waals surface area contributed by atoms with Gasteiger partial charge in [0.2, 0.25) is 0 Å². The number of carbonyl (C=O) groups excluding carboxylic acids is 1. The predicted molar refractivity (Wildman–Crippen MR) is 61.4 cm³/mol. The van der Waals surface area contributed by atoms with E-state index in [0.29, 0.717) is 12.0 Å². The summed E-state index contributed by atoms with van der Waals surface area (Å²) in [6, 6.07) is 5.07. The van der Waals surface area contributed by atoms with Gasteiger partial charge in [-0.2, -0.15) is 0 Å². The molecule has 2 N–H and O–H groups in total. The Bertz CT molecular complexity index is 459. The fraction of sp³-hybridized carbons (Fsp3) is 0.273. The zero-order valence-corrected chi connectivity index (χ0v) is 9.95. The third-order valence-corrected chi connectivity index (χ3v) is 3.31. The SMILES string of the molecule is O=C(O)CC1Cc2c(Br)cccc2C(=O)N1. The number of hydrogen-bond acceptors (Lipinski definition) is 2. The lowest BCUT2D eigenvalue weighted by molar-refractivity contribution is -0.137. The van der Waals surface area contributed by atoms with Crippen LogP contribution >= 0.6 is 15.9 Å². The molecule has 2 rings (SSSR count). The van der Waals surface area contributed by atoms with Crippen molar-refractivity contribution in [1.29, 1.82) is 0 Å². The summed E-state index contributed by atoms with van der Waals surface area (Å²) in [7, 11) is 0. The number of aliphatic carboxylic acids is 1. The summed E-state index contributed by atoms with van der Waals surface area (Å²) in [4.78, 5) is 22.3. The summed E-state index contributed by atoms with van der Waals surface area (Å²) < 4.78 is 0.857. The van der Waals surface area contributed by atoms with Crippen LogP contribution in [0.5, 0.6) is 0 Å². The second kappa shape index (κ2) is 4.25. The maximum Gasteiger partial charge on any atom is 0.305 e. The zero-order chi connectivity index (χ0) is 11.7. The van der Waals surface area contributed by atoms with E-state index in [1.165, 1.54) is 0 Å². The van der Waals surface area contributed by atoms with Crippen molar-refractivity contribution in [3.05, 3.63) is 33.8 Å². The molecule has 0 spiro atoms. The lowest BCUT2D eigenvalue weighted by atomic mass is 9.94. The number of rotatable bonds is 2. The summed E-state index contributed by atoms with van der Waals surface area (Å²) in [5.41, 5.74) is 1.51. The van der Waals surface area contributed by atoms with Crippen molar-refractivity contribution in [3.63, 3.8) is 0 Å². The Morgan fingerprint density at radius 1 is 1.56 bits per heavy atom. The van der Waals surface area contributed by atoms with Crippen LogP contribution in [0.15, 0.2) is 22.7 Å². The maximum absolute atomic E-state index is 11.7. The fourth-order valence-corrected chi connectivity index (χ4v) is 2.40. The van der Waals surface area contributed by atoms with Crippen molar-refractivity contribution < 1.29 is 14.7 Å². The molecule has 1 atom stereocenters. The van der Waals surface area contributed by atoms with E-state index in [-0.39, 0.29) is 18.4 Å². The lowest BCUT2D eigenvalue weighted by Crippen LogP contribution is -2.42. The molecule has 4 nitrogen and oxygen atoms in total. The van der Waals surface area contributed by atoms with E-state index in [1.54, 1.807) is 12.1 Å². The van der Waals surface area contributed by atoms with Crippen molar-refractivity contribution >= 4 is 27.8 Å². The first-order valence-corrected chi connectivity index (χ1v) is 5.67. The quantitative estimate of drug-likeness (QED) is 0.866. The summed E-state index contributed by atoms with van der Waals surface area (Å²) >= 11 is 3.38. The van der Waals surface area contributed by atoms with Crippen molar-refractivity contribution in [3.8, 4) is 0 Å². The normalized spacial score (nSPS) is 18.8. The highest BCUT2D eigenvalue weighted by Gasteiger charge is 2.26. The van der Waals surface area contributed by atoms with E-state index in [4.69, 9.17) is 5.11 Å². The number of halogens is 1. The molecule has 0 radical (unpaired) electrons. The minimum atomic E-state index is -0.902. The molecule has 1 heterocycles. The number of carbonyl (C=O) groups is 2. The van der Waals surface area contributed by atoms with Crippen LogP contribution in [0.25, 0.3) is 0 Å². The third kappa shape index (κ3) is 2.09. The highest BCUT2D eigenvalue weighted by atomic mass is 79.9. The van der Waals surface area contributed by atoms with E-state index < -0.39 is 5.97 Å². The molecular formula is C11H10BrNO3. The van der Waals surface area contributed by atoms with Gasteiger partial charge in [0.1, 0.15) is 0 Å². The van der Waals surface area contributed by atoms with E-state index in [1.807, 2.05) is 6.07 Å². The molecule has 0 fully saturated rings. The average molecular weight is 284 g/mol. The van der Waals surface area contributed by atoms with Gasteiger partial charge in [-0.15, -0.1) is 0 Å². The molecule has 0 saturated carbocycles. The minimum Gasteiger partial charge on any atom is -0.481 e. The van der Waals surface area contributed by atoms with Gasteiger partial charge in [-0.1, -0.05) is 22.0 Å². The molecule has 0 bridgehead atoms. The summed E-state index contributed by atoms with van der Waals surface area (Å²) in [5.74, 6) is -1.10. The Hall–Kier alpha value is -1.36. The second-order valence-electron chi connectivity index (χ2n) is 3.74. The second-order valence-corrected chi connectivity index (χ2v) is 4.59. The molecule has 1 aromatic rings. The Labute approximate surface area is 101 Å². The number of hydrogen-bond donors (Lipinski definition) is 2. The molecule has 0 aromatic heterocycles. The van der Waals surface area contributed by atoms with Crippen LogP contribution in [0.2, 0.25) is 0 Å². The molecule has 1 unspecified atom stereocenters. The van der Waals surface area contributed by atoms with Gasteiger partial charge in [-0.25, -0.2) is 0 Å². The van der Waals surface area contributed by atoms with Gasteiger partial charge >= 0.3 is 5.97 Å². The predicted octanol–water partition coefficient (Wildman–Crippen LogP) is 1.58.